The van der Waals surface area contributed by atoms with E-state index in [0.29, 0.717) is 0 Å². The van der Waals surface area contributed by atoms with Crippen molar-refractivity contribution in [2.24, 2.45) is 5.41 Å². The van der Waals surface area contributed by atoms with Crippen LogP contribution in [0.5, 0.6) is 0 Å². The molecule has 1 aliphatic rings. The van der Waals surface area contributed by atoms with Gasteiger partial charge in [-0.1, -0.05) is 56.3 Å². The first-order valence-corrected chi connectivity index (χ1v) is 9.64. The van der Waals surface area contributed by atoms with E-state index in [2.05, 4.69) is 31.1 Å². The first kappa shape index (κ1) is 19.6. The van der Waals surface area contributed by atoms with Crippen LogP contribution in [0.4, 0.5) is 4.79 Å². The van der Waals surface area contributed by atoms with Crippen LogP contribution in [-0.4, -0.2) is 60.8 Å². The maximum Gasteiger partial charge on any atom is 0.317 e. The minimum absolute atomic E-state index is 0.0211. The molecular weight excluding hydrogens is 338 g/mol. The summed E-state index contributed by atoms with van der Waals surface area (Å²) in [5, 5.41) is 15.2. The number of nitrogens with zero attached hydrogens (tertiary/aromatic N) is 2. The zero-order valence-corrected chi connectivity index (χ0v) is 16.8. The highest BCUT2D eigenvalue weighted by molar-refractivity contribution is 5.86. The predicted molar refractivity (Wildman–Crippen MR) is 110 cm³/mol. The number of carbonyl (C=O) groups is 1. The molecule has 146 valence electrons. The standard InChI is InChI=1S/C22H31N3O2/c1-22(2)15-24(3)13-12-20(22)25(4)21(27)23-19(14-26)18-11-7-9-16-8-5-6-10-17(16)18/h5-11,19-20,26H,12-15H2,1-4H3,(H,23,27). The average molecular weight is 370 g/mol. The topological polar surface area (TPSA) is 55.8 Å². The van der Waals surface area contributed by atoms with Gasteiger partial charge in [-0.15, -0.1) is 0 Å². The number of fused-ring (bicyclic) bond motifs is 1. The Kier molecular flexibility index (Phi) is 5.72. The monoisotopic (exact) mass is 369 g/mol. The molecule has 0 aliphatic carbocycles. The summed E-state index contributed by atoms with van der Waals surface area (Å²) in [7, 11) is 3.99. The Morgan fingerprint density at radius 1 is 1.30 bits per heavy atom. The molecule has 1 heterocycles. The van der Waals surface area contributed by atoms with E-state index in [1.165, 1.54) is 0 Å². The van der Waals surface area contributed by atoms with Gasteiger partial charge >= 0.3 is 6.03 Å². The van der Waals surface area contributed by atoms with Gasteiger partial charge in [0.25, 0.3) is 0 Å². The van der Waals surface area contributed by atoms with Crippen molar-refractivity contribution in [2.45, 2.75) is 32.4 Å². The molecule has 2 atom stereocenters. The van der Waals surface area contributed by atoms with E-state index in [0.717, 1.165) is 35.8 Å². The number of hydrogen-bond donors (Lipinski definition) is 2. The molecule has 1 fully saturated rings. The molecule has 5 heteroatoms. The number of carbonyl (C=O) groups excluding carboxylic acids is 1. The van der Waals surface area contributed by atoms with E-state index >= 15 is 0 Å². The summed E-state index contributed by atoms with van der Waals surface area (Å²) in [6, 6.07) is 13.6. The van der Waals surface area contributed by atoms with Crippen LogP contribution in [0.2, 0.25) is 0 Å². The van der Waals surface area contributed by atoms with Crippen LogP contribution in [0.1, 0.15) is 31.9 Å². The minimum atomic E-state index is -0.430. The minimum Gasteiger partial charge on any atom is -0.394 e. The van der Waals surface area contributed by atoms with Crippen LogP contribution in [0.25, 0.3) is 10.8 Å². The van der Waals surface area contributed by atoms with Gasteiger partial charge in [0.2, 0.25) is 0 Å². The third-order valence-corrected chi connectivity index (χ3v) is 5.83. The normalized spacial score (nSPS) is 21.0. The maximum absolute atomic E-state index is 13.0. The van der Waals surface area contributed by atoms with Gasteiger partial charge in [0.05, 0.1) is 12.6 Å². The summed E-state index contributed by atoms with van der Waals surface area (Å²) in [5.41, 5.74) is 0.966. The van der Waals surface area contributed by atoms with Gasteiger partial charge in [-0.3, -0.25) is 0 Å². The predicted octanol–water partition coefficient (Wildman–Crippen LogP) is 3.24. The lowest BCUT2D eigenvalue weighted by Crippen LogP contribution is -2.57. The van der Waals surface area contributed by atoms with Gasteiger partial charge in [0, 0.05) is 19.6 Å². The quantitative estimate of drug-likeness (QED) is 0.870. The second kappa shape index (κ2) is 7.87. The van der Waals surface area contributed by atoms with Crippen molar-refractivity contribution in [1.82, 2.24) is 15.1 Å². The summed E-state index contributed by atoms with van der Waals surface area (Å²) in [6.07, 6.45) is 0.950. The first-order valence-electron chi connectivity index (χ1n) is 9.64. The van der Waals surface area contributed by atoms with Crippen molar-refractivity contribution in [3.05, 3.63) is 48.0 Å². The van der Waals surface area contributed by atoms with E-state index in [9.17, 15) is 9.90 Å². The Bertz CT molecular complexity index is 800. The largest absolute Gasteiger partial charge is 0.394 e. The summed E-state index contributed by atoms with van der Waals surface area (Å²) < 4.78 is 0. The van der Waals surface area contributed by atoms with Crippen molar-refractivity contribution >= 4 is 16.8 Å². The van der Waals surface area contributed by atoms with Crippen LogP contribution in [-0.2, 0) is 0 Å². The van der Waals surface area contributed by atoms with Crippen molar-refractivity contribution in [1.29, 1.82) is 0 Å². The number of nitrogens with one attached hydrogen (secondary N) is 1. The highest BCUT2D eigenvalue weighted by atomic mass is 16.3. The number of hydrogen-bond acceptors (Lipinski definition) is 3. The fraction of sp³-hybridized carbons (Fsp3) is 0.500. The summed E-state index contributed by atoms with van der Waals surface area (Å²) >= 11 is 0. The molecule has 0 radical (unpaired) electrons. The summed E-state index contributed by atoms with van der Waals surface area (Å²) in [5.74, 6) is 0. The first-order chi connectivity index (χ1) is 12.8. The van der Waals surface area contributed by atoms with Gasteiger partial charge in [-0.25, -0.2) is 4.79 Å². The molecule has 2 N–H and O–H groups in total. The molecule has 1 aliphatic heterocycles. The zero-order valence-electron chi connectivity index (χ0n) is 16.8. The number of aliphatic hydroxyl groups is 1. The number of piperidine rings is 1. The van der Waals surface area contributed by atoms with Crippen molar-refractivity contribution in [3.63, 3.8) is 0 Å². The Morgan fingerprint density at radius 3 is 2.70 bits per heavy atom. The SMILES string of the molecule is CN1CCC(N(C)C(=O)NC(CO)c2cccc3ccccc23)C(C)(C)C1. The lowest BCUT2D eigenvalue weighted by molar-refractivity contribution is 0.0438. The highest BCUT2D eigenvalue weighted by Gasteiger charge is 2.39. The molecule has 2 unspecified atom stereocenters. The van der Waals surface area contributed by atoms with E-state index in [-0.39, 0.29) is 24.1 Å². The molecule has 0 saturated carbocycles. The number of benzene rings is 2. The second-order valence-corrected chi connectivity index (χ2v) is 8.39. The molecule has 2 aromatic rings. The van der Waals surface area contributed by atoms with Gasteiger partial charge < -0.3 is 20.2 Å². The molecular formula is C22H31N3O2. The lowest BCUT2D eigenvalue weighted by Gasteiger charge is -2.47. The molecule has 0 bridgehead atoms. The van der Waals surface area contributed by atoms with Crippen LogP contribution >= 0.6 is 0 Å². The van der Waals surface area contributed by atoms with Crippen molar-refractivity contribution < 1.29 is 9.90 Å². The highest BCUT2D eigenvalue weighted by Crippen LogP contribution is 2.32. The van der Waals surface area contributed by atoms with Gasteiger partial charge in [-0.05, 0) is 41.8 Å². The van der Waals surface area contributed by atoms with Crippen LogP contribution in [0.15, 0.2) is 42.5 Å². The Morgan fingerprint density at radius 2 is 2.00 bits per heavy atom. The van der Waals surface area contributed by atoms with Crippen LogP contribution < -0.4 is 5.32 Å². The van der Waals surface area contributed by atoms with Crippen molar-refractivity contribution in [2.75, 3.05) is 33.8 Å². The molecule has 2 aromatic carbocycles. The average Bonchev–Trinajstić information content (AvgIpc) is 2.64. The smallest absolute Gasteiger partial charge is 0.317 e. The van der Waals surface area contributed by atoms with E-state index in [1.54, 1.807) is 0 Å². The number of urea groups is 1. The van der Waals surface area contributed by atoms with E-state index in [4.69, 9.17) is 0 Å². The fourth-order valence-electron chi connectivity index (χ4n) is 4.50. The third-order valence-electron chi connectivity index (χ3n) is 5.83. The third kappa shape index (κ3) is 4.09. The molecule has 0 spiro atoms. The molecule has 1 saturated heterocycles. The molecule has 0 aromatic heterocycles. The lowest BCUT2D eigenvalue weighted by atomic mass is 9.78. The molecule has 3 rings (SSSR count). The van der Waals surface area contributed by atoms with Gasteiger partial charge in [-0.2, -0.15) is 0 Å². The summed E-state index contributed by atoms with van der Waals surface area (Å²) in [6.45, 7) is 6.24. The van der Waals surface area contributed by atoms with Gasteiger partial charge in [0.15, 0.2) is 0 Å². The van der Waals surface area contributed by atoms with Crippen molar-refractivity contribution in [3.8, 4) is 0 Å². The molecule has 27 heavy (non-hydrogen) atoms. The Hall–Kier alpha value is -2.11. The number of likely N-dealkylation sites (tertiary alicyclic amines) is 1. The Balaban J connectivity index is 1.79. The van der Waals surface area contributed by atoms with Crippen LogP contribution in [0.3, 0.4) is 0 Å². The van der Waals surface area contributed by atoms with E-state index in [1.807, 2.05) is 54.4 Å². The van der Waals surface area contributed by atoms with Gasteiger partial charge in [0.1, 0.15) is 0 Å². The fourth-order valence-corrected chi connectivity index (χ4v) is 4.50. The molecule has 5 nitrogen and oxygen atoms in total. The zero-order chi connectivity index (χ0) is 19.6. The number of aliphatic hydroxyl groups excluding tert-OH is 1. The maximum atomic E-state index is 13.0. The summed E-state index contributed by atoms with van der Waals surface area (Å²) in [4.78, 5) is 17.1. The van der Waals surface area contributed by atoms with Crippen LogP contribution in [0, 0.1) is 5.41 Å². The second-order valence-electron chi connectivity index (χ2n) is 8.39. The number of amides is 2. The number of rotatable bonds is 4. The van der Waals surface area contributed by atoms with E-state index < -0.39 is 6.04 Å². The Labute approximate surface area is 162 Å². The molecule has 2 amide bonds.